The number of nitrogens with one attached hydrogen (secondary N) is 1. The Labute approximate surface area is 171 Å². The molecule has 0 aliphatic carbocycles. The molecule has 8 nitrogen and oxygen atoms in total. The highest BCUT2D eigenvalue weighted by Crippen LogP contribution is 2.22. The highest BCUT2D eigenvalue weighted by Gasteiger charge is 2.22. The molecular weight excluding hydrogens is 482 g/mol. The minimum absolute atomic E-state index is 0.0579. The van der Waals surface area contributed by atoms with Crippen LogP contribution >= 0.6 is 31.9 Å². The van der Waals surface area contributed by atoms with Crippen LogP contribution in [0.25, 0.3) is 0 Å². The summed E-state index contributed by atoms with van der Waals surface area (Å²) in [6.45, 7) is 2.11. The highest BCUT2D eigenvalue weighted by atomic mass is 79.9. The van der Waals surface area contributed by atoms with E-state index in [0.29, 0.717) is 16.8 Å². The van der Waals surface area contributed by atoms with E-state index in [-0.39, 0.29) is 5.69 Å². The summed E-state index contributed by atoms with van der Waals surface area (Å²) in [6, 6.07) is 8.38. The minimum atomic E-state index is -1.15. The Morgan fingerprint density at radius 1 is 1.22 bits per heavy atom. The molecule has 1 atom stereocenters. The maximum absolute atomic E-state index is 12.5. The number of aromatic nitrogens is 4. The molecule has 1 amide bonds. The van der Waals surface area contributed by atoms with Crippen molar-refractivity contribution in [1.82, 2.24) is 19.6 Å². The molecule has 0 radical (unpaired) electrons. The molecule has 10 heteroatoms. The number of hydrogen-bond acceptors (Lipinski definition) is 4. The molecule has 0 bridgehead atoms. The molecule has 2 aromatic heterocycles. The van der Waals surface area contributed by atoms with Crippen molar-refractivity contribution in [2.75, 3.05) is 5.32 Å². The Hall–Kier alpha value is -2.46. The van der Waals surface area contributed by atoms with E-state index < -0.39 is 17.9 Å². The number of carboxylic acids is 1. The summed E-state index contributed by atoms with van der Waals surface area (Å²) < 4.78 is 4.47. The van der Waals surface area contributed by atoms with Gasteiger partial charge < -0.3 is 10.4 Å². The predicted molar refractivity (Wildman–Crippen MR) is 106 cm³/mol. The lowest BCUT2D eigenvalue weighted by Crippen LogP contribution is -2.27. The fourth-order valence-corrected chi connectivity index (χ4v) is 3.14. The normalized spacial score (nSPS) is 12.0. The van der Waals surface area contributed by atoms with Gasteiger partial charge in [-0.05, 0) is 46.6 Å². The third kappa shape index (κ3) is 4.45. The minimum Gasteiger partial charge on any atom is -0.477 e. The number of hydrogen-bond donors (Lipinski definition) is 2. The number of aromatic carboxylic acids is 1. The van der Waals surface area contributed by atoms with Crippen LogP contribution in [0.15, 0.2) is 51.7 Å². The summed E-state index contributed by atoms with van der Waals surface area (Å²) in [7, 11) is 0. The topological polar surface area (TPSA) is 102 Å². The Bertz CT molecular complexity index is 981. The first kappa shape index (κ1) is 19.3. The van der Waals surface area contributed by atoms with E-state index in [1.165, 1.54) is 12.3 Å². The molecule has 0 spiro atoms. The maximum atomic E-state index is 12.5. The van der Waals surface area contributed by atoms with E-state index >= 15 is 0 Å². The largest absolute Gasteiger partial charge is 0.477 e. The van der Waals surface area contributed by atoms with Crippen LogP contribution in [-0.4, -0.2) is 36.5 Å². The molecule has 2 heterocycles. The Kier molecular flexibility index (Phi) is 5.76. The van der Waals surface area contributed by atoms with E-state index in [4.69, 9.17) is 5.11 Å². The third-order valence-electron chi connectivity index (χ3n) is 3.85. The lowest BCUT2D eigenvalue weighted by atomic mass is 10.2. The second-order valence-electron chi connectivity index (χ2n) is 5.78. The number of carboxylic acid groups (broad SMARTS) is 1. The first-order valence-electron chi connectivity index (χ1n) is 7.90. The van der Waals surface area contributed by atoms with Gasteiger partial charge >= 0.3 is 5.97 Å². The van der Waals surface area contributed by atoms with Gasteiger partial charge in [-0.1, -0.05) is 28.1 Å². The number of anilines is 1. The quantitative estimate of drug-likeness (QED) is 0.543. The van der Waals surface area contributed by atoms with Gasteiger partial charge in [0.15, 0.2) is 5.82 Å². The van der Waals surface area contributed by atoms with E-state index in [1.54, 1.807) is 17.8 Å². The Morgan fingerprint density at radius 3 is 2.59 bits per heavy atom. The number of halogens is 2. The van der Waals surface area contributed by atoms with Gasteiger partial charge in [0, 0.05) is 16.9 Å². The molecular formula is C17H15Br2N5O3. The van der Waals surface area contributed by atoms with Crippen molar-refractivity contribution in [3.63, 3.8) is 0 Å². The van der Waals surface area contributed by atoms with Crippen molar-refractivity contribution in [3.05, 3.63) is 62.9 Å². The summed E-state index contributed by atoms with van der Waals surface area (Å²) in [4.78, 5) is 23.7. The summed E-state index contributed by atoms with van der Waals surface area (Å²) in [5, 5.41) is 20.2. The van der Waals surface area contributed by atoms with Gasteiger partial charge in [0.1, 0.15) is 11.7 Å². The zero-order valence-corrected chi connectivity index (χ0v) is 17.3. The Balaban J connectivity index is 1.72. The van der Waals surface area contributed by atoms with Crippen molar-refractivity contribution >= 4 is 49.6 Å². The molecule has 3 rings (SSSR count). The number of rotatable bonds is 6. The second kappa shape index (κ2) is 8.05. The van der Waals surface area contributed by atoms with Crippen LogP contribution in [0.1, 0.15) is 29.0 Å². The van der Waals surface area contributed by atoms with Crippen LogP contribution in [0.5, 0.6) is 0 Å². The van der Waals surface area contributed by atoms with E-state index in [0.717, 1.165) is 14.7 Å². The predicted octanol–water partition coefficient (Wildman–Crippen LogP) is 3.55. The zero-order chi connectivity index (χ0) is 19.6. The third-order valence-corrected chi connectivity index (χ3v) is 4.96. The maximum Gasteiger partial charge on any atom is 0.354 e. The number of carbonyl (C=O) groups excluding carboxylic acids is 1. The summed E-state index contributed by atoms with van der Waals surface area (Å²) in [5.41, 5.74) is 1.000. The van der Waals surface area contributed by atoms with Gasteiger partial charge in [0.05, 0.1) is 11.0 Å². The Morgan fingerprint density at radius 2 is 1.93 bits per heavy atom. The molecule has 2 N–H and O–H groups in total. The van der Waals surface area contributed by atoms with Gasteiger partial charge in [-0.15, -0.1) is 0 Å². The van der Waals surface area contributed by atoms with Crippen LogP contribution in [-0.2, 0) is 11.3 Å². The number of carbonyl (C=O) groups is 2. The van der Waals surface area contributed by atoms with Crippen LogP contribution < -0.4 is 5.32 Å². The first-order valence-corrected chi connectivity index (χ1v) is 9.49. The van der Waals surface area contributed by atoms with Crippen molar-refractivity contribution in [2.45, 2.75) is 19.5 Å². The molecule has 0 saturated heterocycles. The van der Waals surface area contributed by atoms with Crippen molar-refractivity contribution in [1.29, 1.82) is 0 Å². The average Bonchev–Trinajstić information content (AvgIpc) is 3.23. The van der Waals surface area contributed by atoms with E-state index in [2.05, 4.69) is 47.4 Å². The number of benzene rings is 1. The second-order valence-corrected chi connectivity index (χ2v) is 7.55. The van der Waals surface area contributed by atoms with Crippen molar-refractivity contribution < 1.29 is 14.7 Å². The molecule has 27 heavy (non-hydrogen) atoms. The summed E-state index contributed by atoms with van der Waals surface area (Å²) in [5.74, 6) is -1.21. The van der Waals surface area contributed by atoms with Gasteiger partial charge in [0.2, 0.25) is 5.91 Å². The molecule has 3 aromatic rings. The smallest absolute Gasteiger partial charge is 0.354 e. The van der Waals surface area contributed by atoms with Gasteiger partial charge in [0.25, 0.3) is 0 Å². The lowest BCUT2D eigenvalue weighted by molar-refractivity contribution is -0.119. The van der Waals surface area contributed by atoms with Crippen molar-refractivity contribution in [2.24, 2.45) is 0 Å². The fraction of sp³-hybridized carbons (Fsp3) is 0.176. The highest BCUT2D eigenvalue weighted by molar-refractivity contribution is 9.10. The average molecular weight is 497 g/mol. The molecule has 0 aliphatic rings. The molecule has 0 saturated carbocycles. The van der Waals surface area contributed by atoms with Gasteiger partial charge in [-0.2, -0.15) is 10.2 Å². The van der Waals surface area contributed by atoms with Crippen molar-refractivity contribution in [3.8, 4) is 0 Å². The standard InChI is InChI=1S/C17H15Br2N5O3/c1-10(24-14(17(26)27)6-7-20-24)16(25)21-15-13(19)9-23(22-15)8-11-2-4-12(18)5-3-11/h2-7,9-10H,8H2,1H3,(H,26,27)(H,21,22,25). The monoisotopic (exact) mass is 495 g/mol. The molecule has 0 fully saturated rings. The molecule has 1 aromatic carbocycles. The zero-order valence-electron chi connectivity index (χ0n) is 14.1. The lowest BCUT2D eigenvalue weighted by Gasteiger charge is -2.13. The van der Waals surface area contributed by atoms with Gasteiger partial charge in [-0.25, -0.2) is 9.48 Å². The number of nitrogens with zero attached hydrogens (tertiary/aromatic N) is 4. The van der Waals surface area contributed by atoms with Gasteiger partial charge in [-0.3, -0.25) is 9.48 Å². The van der Waals surface area contributed by atoms with Crippen LogP contribution in [0.2, 0.25) is 0 Å². The first-order chi connectivity index (χ1) is 12.8. The van der Waals surface area contributed by atoms with Crippen LogP contribution in [0.4, 0.5) is 5.82 Å². The SMILES string of the molecule is CC(C(=O)Nc1nn(Cc2ccc(Br)cc2)cc1Br)n1nccc1C(=O)O. The van der Waals surface area contributed by atoms with E-state index in [9.17, 15) is 9.59 Å². The van der Waals surface area contributed by atoms with Crippen LogP contribution in [0, 0.1) is 0 Å². The number of amides is 1. The molecule has 140 valence electrons. The summed E-state index contributed by atoms with van der Waals surface area (Å²) in [6.07, 6.45) is 3.11. The van der Waals surface area contributed by atoms with Crippen LogP contribution in [0.3, 0.4) is 0 Å². The fourth-order valence-electron chi connectivity index (χ4n) is 2.46. The summed E-state index contributed by atoms with van der Waals surface area (Å²) >= 11 is 6.78. The molecule has 1 unspecified atom stereocenters. The molecule has 0 aliphatic heterocycles. The van der Waals surface area contributed by atoms with E-state index in [1.807, 2.05) is 24.3 Å².